The molecule has 4 aromatic carbocycles. The number of halogens is 1. The fourth-order valence-electron chi connectivity index (χ4n) is 5.11. The Balaban J connectivity index is 1.32. The van der Waals surface area contributed by atoms with Crippen LogP contribution in [0.15, 0.2) is 121 Å². The molecular formula is C33H37BrNO2P. The molecule has 0 radical (unpaired) electrons. The minimum absolute atomic E-state index is 0.387. The van der Waals surface area contributed by atoms with Crippen LogP contribution in [0.3, 0.4) is 0 Å². The first-order valence-corrected chi connectivity index (χ1v) is 17.9. The number of anilines is 1. The predicted octanol–water partition coefficient (Wildman–Crippen LogP) is 8.42. The molecular weight excluding hydrogens is 553 g/mol. The van der Waals surface area contributed by atoms with Crippen molar-refractivity contribution in [3.05, 3.63) is 121 Å². The molecule has 0 aliphatic heterocycles. The SMILES string of the molecule is O=C(Nc1ccccc1)OCCCCCCCCP(Br)(c1ccccc1)(c1ccccc1)c1ccccc1. The van der Waals surface area contributed by atoms with Crippen LogP contribution in [0.2, 0.25) is 0 Å². The Labute approximate surface area is 235 Å². The van der Waals surface area contributed by atoms with Gasteiger partial charge < -0.3 is 0 Å². The van der Waals surface area contributed by atoms with Crippen molar-refractivity contribution in [2.24, 2.45) is 0 Å². The zero-order valence-corrected chi connectivity index (χ0v) is 24.3. The van der Waals surface area contributed by atoms with E-state index in [2.05, 4.69) is 112 Å². The molecule has 38 heavy (non-hydrogen) atoms. The van der Waals surface area contributed by atoms with E-state index in [4.69, 9.17) is 4.74 Å². The van der Waals surface area contributed by atoms with Gasteiger partial charge in [-0.2, -0.15) is 0 Å². The third-order valence-electron chi connectivity index (χ3n) is 7.11. The average molecular weight is 591 g/mol. The van der Waals surface area contributed by atoms with Crippen molar-refractivity contribution in [3.8, 4) is 0 Å². The Morgan fingerprint density at radius 1 is 0.579 bits per heavy atom. The van der Waals surface area contributed by atoms with Crippen LogP contribution in [0, 0.1) is 0 Å². The fraction of sp³-hybridized carbons (Fsp3) is 0.242. The molecule has 3 nitrogen and oxygen atoms in total. The van der Waals surface area contributed by atoms with E-state index < -0.39 is 5.31 Å². The van der Waals surface area contributed by atoms with Gasteiger partial charge in [0.25, 0.3) is 0 Å². The van der Waals surface area contributed by atoms with Gasteiger partial charge >= 0.3 is 206 Å². The van der Waals surface area contributed by atoms with Crippen LogP contribution < -0.4 is 21.2 Å². The number of hydrogen-bond donors (Lipinski definition) is 1. The van der Waals surface area contributed by atoms with E-state index in [1.54, 1.807) is 0 Å². The van der Waals surface area contributed by atoms with E-state index in [1.165, 1.54) is 28.8 Å². The minimum atomic E-state index is -2.82. The molecule has 5 heteroatoms. The van der Waals surface area contributed by atoms with E-state index in [1.807, 2.05) is 30.3 Å². The molecule has 0 aliphatic carbocycles. The van der Waals surface area contributed by atoms with Gasteiger partial charge in [-0.25, -0.2) is 0 Å². The van der Waals surface area contributed by atoms with Gasteiger partial charge in [-0.15, -0.1) is 0 Å². The molecule has 0 spiro atoms. The van der Waals surface area contributed by atoms with Crippen LogP contribution >= 0.6 is 20.8 Å². The molecule has 4 rings (SSSR count). The first kappa shape index (κ1) is 28.1. The van der Waals surface area contributed by atoms with Gasteiger partial charge in [-0.3, -0.25) is 0 Å². The van der Waals surface area contributed by atoms with Crippen LogP contribution in [-0.4, -0.2) is 18.9 Å². The topological polar surface area (TPSA) is 38.3 Å². The van der Waals surface area contributed by atoms with Crippen molar-refractivity contribution < 1.29 is 9.53 Å². The standard InChI is InChI=1S/C33H37BrNO2P/c34-38(30-21-11-6-12-22-30,31-23-13-7-14-24-31,32-25-15-8-16-26-32)28-18-4-2-1-3-17-27-37-33(36)35-29-19-9-5-10-20-29/h5-16,19-26H,1-4,17-18,27-28H2,(H,35,36). The number of unbranched alkanes of at least 4 members (excludes halogenated alkanes) is 5. The number of carbonyl (C=O) groups excluding carboxylic acids is 1. The second kappa shape index (κ2) is 13.7. The first-order chi connectivity index (χ1) is 18.6. The predicted molar refractivity (Wildman–Crippen MR) is 168 cm³/mol. The summed E-state index contributed by atoms with van der Waals surface area (Å²) in [5.74, 6) is 0. The molecule has 1 N–H and O–H groups in total. The Morgan fingerprint density at radius 3 is 1.45 bits per heavy atom. The number of para-hydroxylation sites is 1. The van der Waals surface area contributed by atoms with Gasteiger partial charge in [0.05, 0.1) is 0 Å². The summed E-state index contributed by atoms with van der Waals surface area (Å²) < 4.78 is 5.33. The van der Waals surface area contributed by atoms with Gasteiger partial charge in [0.15, 0.2) is 0 Å². The fourth-order valence-corrected chi connectivity index (χ4v) is 12.9. The molecule has 0 aromatic heterocycles. The third-order valence-corrected chi connectivity index (χ3v) is 17.1. The quantitative estimate of drug-likeness (QED) is 0.125. The second-order valence-corrected chi connectivity index (χ2v) is 18.7. The molecule has 0 heterocycles. The molecule has 0 aliphatic rings. The molecule has 0 fully saturated rings. The van der Waals surface area contributed by atoms with E-state index in [9.17, 15) is 4.79 Å². The number of carbonyl (C=O) groups is 1. The number of nitrogens with one attached hydrogen (secondary N) is 1. The molecule has 0 saturated heterocycles. The number of ether oxygens (including phenoxy) is 1. The summed E-state index contributed by atoms with van der Waals surface area (Å²) in [6.07, 6.45) is 7.26. The second-order valence-electron chi connectivity index (χ2n) is 9.66. The van der Waals surface area contributed by atoms with Gasteiger partial charge in [-0.05, 0) is 12.1 Å². The van der Waals surface area contributed by atoms with Gasteiger partial charge in [-0.1, -0.05) is 18.2 Å². The molecule has 1 amide bonds. The van der Waals surface area contributed by atoms with Gasteiger partial charge in [0.1, 0.15) is 0 Å². The number of hydrogen-bond acceptors (Lipinski definition) is 2. The number of rotatable bonds is 13. The number of benzene rings is 4. The van der Waals surface area contributed by atoms with Crippen LogP contribution in [0.5, 0.6) is 0 Å². The van der Waals surface area contributed by atoms with Crippen LogP contribution in [0.4, 0.5) is 10.5 Å². The zero-order valence-electron chi connectivity index (χ0n) is 21.8. The van der Waals surface area contributed by atoms with Gasteiger partial charge in [0.2, 0.25) is 0 Å². The Morgan fingerprint density at radius 2 is 0.974 bits per heavy atom. The molecule has 198 valence electrons. The van der Waals surface area contributed by atoms with E-state index >= 15 is 0 Å². The maximum absolute atomic E-state index is 11.9. The van der Waals surface area contributed by atoms with E-state index in [0.717, 1.165) is 37.5 Å². The van der Waals surface area contributed by atoms with Crippen molar-refractivity contribution in [1.29, 1.82) is 0 Å². The monoisotopic (exact) mass is 589 g/mol. The normalized spacial score (nSPS) is 12.3. The van der Waals surface area contributed by atoms with Crippen molar-refractivity contribution in [2.75, 3.05) is 18.1 Å². The summed E-state index contributed by atoms with van der Waals surface area (Å²) in [6, 6.07) is 42.4. The number of amides is 1. The van der Waals surface area contributed by atoms with Crippen LogP contribution in [0.25, 0.3) is 0 Å². The molecule has 0 saturated carbocycles. The van der Waals surface area contributed by atoms with Crippen LogP contribution in [0.1, 0.15) is 38.5 Å². The van der Waals surface area contributed by atoms with Crippen molar-refractivity contribution >= 4 is 48.5 Å². The van der Waals surface area contributed by atoms with E-state index in [-0.39, 0.29) is 6.09 Å². The van der Waals surface area contributed by atoms with E-state index in [0.29, 0.717) is 6.61 Å². The summed E-state index contributed by atoms with van der Waals surface area (Å²) >= 11 is 4.53. The Hall–Kier alpha value is -2.94. The summed E-state index contributed by atoms with van der Waals surface area (Å²) in [6.45, 7) is 0.451. The molecule has 0 bridgehead atoms. The van der Waals surface area contributed by atoms with Crippen LogP contribution in [-0.2, 0) is 4.74 Å². The molecule has 4 aromatic rings. The molecule has 0 unspecified atom stereocenters. The summed E-state index contributed by atoms with van der Waals surface area (Å²) in [7, 11) is 0. The third kappa shape index (κ3) is 6.73. The first-order valence-electron chi connectivity index (χ1n) is 13.5. The van der Waals surface area contributed by atoms with Crippen molar-refractivity contribution in [1.82, 2.24) is 0 Å². The maximum atomic E-state index is 11.9. The Kier molecular flexibility index (Phi) is 10.1. The summed E-state index contributed by atoms with van der Waals surface area (Å²) in [4.78, 5) is 11.9. The Bertz CT molecular complexity index is 1150. The van der Waals surface area contributed by atoms with Crippen molar-refractivity contribution in [3.63, 3.8) is 0 Å². The average Bonchev–Trinajstić information content (AvgIpc) is 2.98. The summed E-state index contributed by atoms with van der Waals surface area (Å²) in [5, 5.41) is 4.07. The van der Waals surface area contributed by atoms with Crippen molar-refractivity contribution in [2.45, 2.75) is 38.5 Å². The zero-order chi connectivity index (χ0) is 26.5. The van der Waals surface area contributed by atoms with Gasteiger partial charge in [0, 0.05) is 0 Å². The molecule has 0 atom stereocenters. The summed E-state index contributed by atoms with van der Waals surface area (Å²) in [5.41, 5.74) is 0.753.